The molecule has 0 saturated carbocycles. The molecule has 4 rings (SSSR count). The highest BCUT2D eigenvalue weighted by molar-refractivity contribution is 5.91. The third kappa shape index (κ3) is 15.9. The van der Waals surface area contributed by atoms with Crippen molar-refractivity contribution in [2.75, 3.05) is 16.0 Å². The Morgan fingerprint density at radius 2 is 0.667 bits per heavy atom. The number of carbonyl (C=O) groups excluding carboxylic acids is 3. The van der Waals surface area contributed by atoms with Crippen molar-refractivity contribution in [2.45, 2.75) is 156 Å². The van der Waals surface area contributed by atoms with Crippen molar-refractivity contribution in [3.8, 4) is 0 Å². The van der Waals surface area contributed by atoms with Gasteiger partial charge in [0.2, 0.25) is 17.8 Å². The first kappa shape index (κ1) is 47.2. The molecule has 12 heteroatoms. The summed E-state index contributed by atoms with van der Waals surface area (Å²) in [6, 6.07) is 20.9. The van der Waals surface area contributed by atoms with Gasteiger partial charge in [-0.15, -0.1) is 0 Å². The Morgan fingerprint density at radius 1 is 0.417 bits per heavy atom. The van der Waals surface area contributed by atoms with E-state index in [1.165, 1.54) is 0 Å². The molecule has 0 spiro atoms. The summed E-state index contributed by atoms with van der Waals surface area (Å²) in [4.78, 5) is 52.7. The fraction of sp³-hybridized carbons (Fsp3) is 0.500. The van der Waals surface area contributed by atoms with Gasteiger partial charge in [0.05, 0.1) is 16.7 Å². The lowest BCUT2D eigenvalue weighted by atomic mass is 10.1. The van der Waals surface area contributed by atoms with E-state index in [-0.39, 0.29) is 54.1 Å². The summed E-state index contributed by atoms with van der Waals surface area (Å²) >= 11 is 0. The average Bonchev–Trinajstić information content (AvgIpc) is 3.26. The van der Waals surface area contributed by atoms with Crippen molar-refractivity contribution in [3.63, 3.8) is 0 Å². The van der Waals surface area contributed by atoms with E-state index < -0.39 is 0 Å². The molecule has 0 aliphatic rings. The van der Waals surface area contributed by atoms with Crippen molar-refractivity contribution in [1.82, 2.24) is 15.0 Å². The maximum absolute atomic E-state index is 12.9. The minimum Gasteiger partial charge on any atom is -0.459 e. The van der Waals surface area contributed by atoms with Crippen LogP contribution >= 0.6 is 0 Å². The zero-order valence-corrected chi connectivity index (χ0v) is 36.6. The highest BCUT2D eigenvalue weighted by Crippen LogP contribution is 2.24. The molecule has 0 aliphatic carbocycles. The fourth-order valence-corrected chi connectivity index (χ4v) is 6.56. The molecule has 0 amide bonds. The minimum atomic E-state index is -0.351. The van der Waals surface area contributed by atoms with Gasteiger partial charge in [0.15, 0.2) is 0 Å². The van der Waals surface area contributed by atoms with Crippen LogP contribution in [0.4, 0.5) is 34.9 Å². The third-order valence-electron chi connectivity index (χ3n) is 10.3. The molecule has 12 nitrogen and oxygen atoms in total. The number of hydrogen-bond acceptors (Lipinski definition) is 12. The average molecular weight is 823 g/mol. The maximum atomic E-state index is 12.9. The molecule has 3 aromatic carbocycles. The molecule has 0 bridgehead atoms. The van der Waals surface area contributed by atoms with E-state index in [2.05, 4.69) is 51.7 Å². The second-order valence-electron chi connectivity index (χ2n) is 15.2. The highest BCUT2D eigenvalue weighted by atomic mass is 16.6. The van der Waals surface area contributed by atoms with Gasteiger partial charge in [-0.25, -0.2) is 14.4 Å². The normalized spacial score (nSPS) is 12.5. The minimum absolute atomic E-state index is 0.110. The van der Waals surface area contributed by atoms with Crippen LogP contribution in [0.5, 0.6) is 0 Å². The highest BCUT2D eigenvalue weighted by Gasteiger charge is 2.18. The summed E-state index contributed by atoms with van der Waals surface area (Å²) in [5, 5.41) is 9.67. The number of nitrogens with zero attached hydrogens (tertiary/aromatic N) is 3. The van der Waals surface area contributed by atoms with E-state index >= 15 is 0 Å². The smallest absolute Gasteiger partial charge is 0.338 e. The van der Waals surface area contributed by atoms with Crippen LogP contribution in [0.25, 0.3) is 0 Å². The van der Waals surface area contributed by atoms with Gasteiger partial charge in [-0.1, -0.05) is 80.1 Å². The largest absolute Gasteiger partial charge is 0.459 e. The number of anilines is 6. The van der Waals surface area contributed by atoms with Crippen LogP contribution in [0.15, 0.2) is 72.8 Å². The molecule has 3 unspecified atom stereocenters. The van der Waals surface area contributed by atoms with Crippen molar-refractivity contribution in [1.29, 1.82) is 0 Å². The standard InChI is InChI=1S/C48H66N6O6/c1-7-13-16-19-40(10-4)58-43(55)34-22-28-37(29-23-34)49-46-52-47(50-38-30-24-35(25-31-38)44(56)59-41(11-5)20-17-14-8-2)54-48(53-46)51-39-32-26-36(27-33-39)45(57)60-42(12-6)21-18-15-9-3/h22-33,40-42H,7-21H2,1-6H3,(H3,49,50,51,52,53,54). The van der Waals surface area contributed by atoms with Crippen molar-refractivity contribution in [3.05, 3.63) is 89.5 Å². The second-order valence-corrected chi connectivity index (χ2v) is 15.2. The van der Waals surface area contributed by atoms with E-state index in [0.717, 1.165) is 96.3 Å². The van der Waals surface area contributed by atoms with Gasteiger partial charge in [-0.3, -0.25) is 0 Å². The molecule has 0 aliphatic heterocycles. The Labute approximate surface area is 357 Å². The Kier molecular flexibility index (Phi) is 20.3. The summed E-state index contributed by atoms with van der Waals surface area (Å²) in [6.45, 7) is 12.6. The molecule has 324 valence electrons. The first-order valence-electron chi connectivity index (χ1n) is 22.2. The first-order chi connectivity index (χ1) is 29.2. The third-order valence-corrected chi connectivity index (χ3v) is 10.3. The Bertz CT molecular complexity index is 1660. The summed E-state index contributed by atoms with van der Waals surface area (Å²) in [5.41, 5.74) is 3.32. The predicted molar refractivity (Wildman–Crippen MR) is 240 cm³/mol. The van der Waals surface area contributed by atoms with E-state index in [0.29, 0.717) is 33.8 Å². The second kappa shape index (κ2) is 25.9. The van der Waals surface area contributed by atoms with Gasteiger partial charge >= 0.3 is 17.9 Å². The molecule has 0 fully saturated rings. The van der Waals surface area contributed by atoms with Crippen LogP contribution < -0.4 is 16.0 Å². The van der Waals surface area contributed by atoms with Crippen LogP contribution in [-0.2, 0) is 14.2 Å². The van der Waals surface area contributed by atoms with Crippen LogP contribution in [0.1, 0.15) is 169 Å². The van der Waals surface area contributed by atoms with E-state index in [4.69, 9.17) is 14.2 Å². The number of carbonyl (C=O) groups is 3. The molecule has 1 aromatic heterocycles. The first-order valence-corrected chi connectivity index (χ1v) is 22.2. The molecule has 4 aromatic rings. The lowest BCUT2D eigenvalue weighted by Crippen LogP contribution is -2.17. The topological polar surface area (TPSA) is 154 Å². The van der Waals surface area contributed by atoms with Gasteiger partial charge < -0.3 is 30.2 Å². The summed E-state index contributed by atoms with van der Waals surface area (Å²) < 4.78 is 17.4. The van der Waals surface area contributed by atoms with E-state index in [9.17, 15) is 14.4 Å². The number of ether oxygens (including phenoxy) is 3. The molecular weight excluding hydrogens is 757 g/mol. The molecule has 1 heterocycles. The number of unbranched alkanes of at least 4 members (excludes halogenated alkanes) is 6. The van der Waals surface area contributed by atoms with E-state index in [1.807, 2.05) is 20.8 Å². The number of aromatic nitrogens is 3. The number of nitrogens with one attached hydrogen (secondary N) is 3. The van der Waals surface area contributed by atoms with Crippen molar-refractivity contribution in [2.24, 2.45) is 0 Å². The number of esters is 3. The molecule has 3 atom stereocenters. The zero-order chi connectivity index (χ0) is 43.1. The Morgan fingerprint density at radius 3 is 0.883 bits per heavy atom. The van der Waals surface area contributed by atoms with Crippen LogP contribution in [0.3, 0.4) is 0 Å². The summed E-state index contributed by atoms with van der Waals surface area (Å²) in [7, 11) is 0. The van der Waals surface area contributed by atoms with Crippen LogP contribution in [0.2, 0.25) is 0 Å². The van der Waals surface area contributed by atoms with Gasteiger partial charge in [0, 0.05) is 17.1 Å². The van der Waals surface area contributed by atoms with Gasteiger partial charge in [-0.2, -0.15) is 15.0 Å². The molecule has 0 radical (unpaired) electrons. The lowest BCUT2D eigenvalue weighted by molar-refractivity contribution is 0.0258. The maximum Gasteiger partial charge on any atom is 0.338 e. The van der Waals surface area contributed by atoms with Crippen LogP contribution in [-0.4, -0.2) is 51.2 Å². The summed E-state index contributed by atoms with van der Waals surface area (Å²) in [5.74, 6) is -0.358. The zero-order valence-electron chi connectivity index (χ0n) is 36.6. The Balaban J connectivity index is 1.51. The predicted octanol–water partition coefficient (Wildman–Crippen LogP) is 12.6. The van der Waals surface area contributed by atoms with Gasteiger partial charge in [0.25, 0.3) is 0 Å². The van der Waals surface area contributed by atoms with E-state index in [1.54, 1.807) is 72.8 Å². The monoisotopic (exact) mass is 823 g/mol. The summed E-state index contributed by atoms with van der Waals surface area (Å²) in [6.07, 6.45) is 14.3. The molecule has 3 N–H and O–H groups in total. The van der Waals surface area contributed by atoms with Crippen molar-refractivity contribution >= 4 is 52.8 Å². The lowest BCUT2D eigenvalue weighted by Gasteiger charge is -2.16. The number of rotatable bonds is 27. The number of hydrogen-bond donors (Lipinski definition) is 3. The molecule has 0 saturated heterocycles. The molecular formula is C48H66N6O6. The SMILES string of the molecule is CCCCCC(CC)OC(=O)c1ccc(Nc2nc(Nc3ccc(C(=O)OC(CC)CCCCC)cc3)nc(Nc3ccc(C(=O)OC(CC)CCCCC)cc3)n2)cc1. The van der Waals surface area contributed by atoms with Gasteiger partial charge in [-0.05, 0) is 131 Å². The van der Waals surface area contributed by atoms with Crippen molar-refractivity contribution < 1.29 is 28.6 Å². The quantitative estimate of drug-likeness (QED) is 0.0298. The number of benzene rings is 3. The van der Waals surface area contributed by atoms with Crippen LogP contribution in [0, 0.1) is 0 Å². The molecule has 60 heavy (non-hydrogen) atoms. The van der Waals surface area contributed by atoms with Gasteiger partial charge in [0.1, 0.15) is 18.3 Å². The fourth-order valence-electron chi connectivity index (χ4n) is 6.56. The Hall–Kier alpha value is -5.52.